The number of hydrogen-bond acceptors (Lipinski definition) is 2. The van der Waals surface area contributed by atoms with Gasteiger partial charge in [0.05, 0.1) is 11.1 Å². The van der Waals surface area contributed by atoms with Gasteiger partial charge in [0.15, 0.2) is 0 Å². The van der Waals surface area contributed by atoms with E-state index in [0.717, 1.165) is 12.0 Å². The topological polar surface area (TPSA) is 74.6 Å². The molecule has 2 aromatic carbocycles. The van der Waals surface area contributed by atoms with Crippen LogP contribution in [0.5, 0.6) is 0 Å². The highest BCUT2D eigenvalue weighted by Crippen LogP contribution is 2.05. The van der Waals surface area contributed by atoms with Gasteiger partial charge in [-0.2, -0.15) is 0 Å². The first-order valence-electron chi connectivity index (χ1n) is 6.21. The second-order valence-electron chi connectivity index (χ2n) is 4.11. The Morgan fingerprint density at radius 3 is 1.67 bits per heavy atom. The van der Waals surface area contributed by atoms with Gasteiger partial charge in [0.25, 0.3) is 0 Å². The molecule has 0 aliphatic carbocycles. The molecule has 0 heterocycles. The van der Waals surface area contributed by atoms with Crippen LogP contribution in [-0.4, -0.2) is 28.0 Å². The molecule has 5 heteroatoms. The van der Waals surface area contributed by atoms with Crippen molar-refractivity contribution >= 4 is 23.5 Å². The first kappa shape index (κ1) is 16.7. The van der Waals surface area contributed by atoms with E-state index in [1.807, 2.05) is 0 Å². The van der Waals surface area contributed by atoms with Gasteiger partial charge in [-0.25, -0.2) is 9.59 Å². The number of carboxylic acids is 2. The third-order valence-electron chi connectivity index (χ3n) is 2.60. The average molecular weight is 307 g/mol. The van der Waals surface area contributed by atoms with Crippen molar-refractivity contribution < 1.29 is 19.8 Å². The molecular formula is C16H15ClO4. The molecule has 0 aliphatic rings. The second kappa shape index (κ2) is 8.76. The fraction of sp³-hybridized carbons (Fsp3) is 0.125. The summed E-state index contributed by atoms with van der Waals surface area (Å²) in [4.78, 5) is 20.6. The summed E-state index contributed by atoms with van der Waals surface area (Å²) < 4.78 is 0. The SMILES string of the molecule is O=C(O)c1ccc(CCCl)cc1.O=C(O)c1ccccc1. The summed E-state index contributed by atoms with van der Waals surface area (Å²) in [6.07, 6.45) is 0.779. The van der Waals surface area contributed by atoms with Crippen molar-refractivity contribution in [3.05, 3.63) is 71.3 Å². The number of carboxylic acid groups (broad SMARTS) is 2. The number of rotatable bonds is 4. The van der Waals surface area contributed by atoms with Crippen LogP contribution in [-0.2, 0) is 6.42 Å². The monoisotopic (exact) mass is 306 g/mol. The first-order chi connectivity index (χ1) is 10.0. The predicted molar refractivity (Wildman–Crippen MR) is 81.2 cm³/mol. The minimum atomic E-state index is -0.896. The van der Waals surface area contributed by atoms with Gasteiger partial charge in [-0.15, -0.1) is 11.6 Å². The van der Waals surface area contributed by atoms with Crippen molar-refractivity contribution in [2.24, 2.45) is 0 Å². The van der Waals surface area contributed by atoms with E-state index in [2.05, 4.69) is 0 Å². The van der Waals surface area contributed by atoms with Crippen LogP contribution in [0.25, 0.3) is 0 Å². The molecule has 0 saturated carbocycles. The molecule has 0 spiro atoms. The third-order valence-corrected chi connectivity index (χ3v) is 2.79. The van der Waals surface area contributed by atoms with E-state index in [0.29, 0.717) is 17.0 Å². The highest BCUT2D eigenvalue weighted by Gasteiger charge is 2.00. The first-order valence-corrected chi connectivity index (χ1v) is 6.74. The van der Waals surface area contributed by atoms with Crippen LogP contribution in [0, 0.1) is 0 Å². The Labute approximate surface area is 127 Å². The maximum atomic E-state index is 10.4. The minimum Gasteiger partial charge on any atom is -0.478 e. The highest BCUT2D eigenvalue weighted by molar-refractivity contribution is 6.18. The molecule has 0 radical (unpaired) electrons. The van der Waals surface area contributed by atoms with Crippen LogP contribution in [0.4, 0.5) is 0 Å². The van der Waals surface area contributed by atoms with Crippen LogP contribution < -0.4 is 0 Å². The summed E-state index contributed by atoms with van der Waals surface area (Å²) in [5, 5.41) is 17.0. The van der Waals surface area contributed by atoms with E-state index in [1.165, 1.54) is 0 Å². The number of benzene rings is 2. The van der Waals surface area contributed by atoms with Gasteiger partial charge < -0.3 is 10.2 Å². The van der Waals surface area contributed by atoms with Gasteiger partial charge in [-0.1, -0.05) is 30.3 Å². The third kappa shape index (κ3) is 6.10. The summed E-state index contributed by atoms with van der Waals surface area (Å²) in [6.45, 7) is 0. The molecule has 0 unspecified atom stereocenters. The Hall–Kier alpha value is -2.33. The Morgan fingerprint density at radius 2 is 1.29 bits per heavy atom. The maximum Gasteiger partial charge on any atom is 0.335 e. The van der Waals surface area contributed by atoms with Crippen molar-refractivity contribution in [1.82, 2.24) is 0 Å². The molecule has 2 rings (SSSR count). The second-order valence-corrected chi connectivity index (χ2v) is 4.49. The lowest BCUT2D eigenvalue weighted by atomic mass is 10.1. The van der Waals surface area contributed by atoms with Crippen LogP contribution in [0.3, 0.4) is 0 Å². The van der Waals surface area contributed by atoms with E-state index < -0.39 is 11.9 Å². The average Bonchev–Trinajstić information content (AvgIpc) is 2.50. The van der Waals surface area contributed by atoms with Crippen LogP contribution in [0.2, 0.25) is 0 Å². The molecule has 0 saturated heterocycles. The number of carbonyl (C=O) groups is 2. The fourth-order valence-corrected chi connectivity index (χ4v) is 1.72. The summed E-state index contributed by atoms with van der Waals surface area (Å²) in [5.74, 6) is -1.21. The summed E-state index contributed by atoms with van der Waals surface area (Å²) in [6, 6.07) is 15.0. The summed E-state index contributed by atoms with van der Waals surface area (Å²) in [5.41, 5.74) is 1.71. The Balaban J connectivity index is 0.000000219. The van der Waals surface area contributed by atoms with E-state index in [4.69, 9.17) is 21.8 Å². The highest BCUT2D eigenvalue weighted by atomic mass is 35.5. The number of alkyl halides is 1. The number of aromatic carboxylic acids is 2. The van der Waals surface area contributed by atoms with E-state index in [-0.39, 0.29) is 0 Å². The molecule has 0 atom stereocenters. The van der Waals surface area contributed by atoms with Gasteiger partial charge in [-0.3, -0.25) is 0 Å². The zero-order valence-corrected chi connectivity index (χ0v) is 12.0. The van der Waals surface area contributed by atoms with Crippen molar-refractivity contribution in [2.45, 2.75) is 6.42 Å². The van der Waals surface area contributed by atoms with E-state index in [1.54, 1.807) is 54.6 Å². The number of hydrogen-bond donors (Lipinski definition) is 2. The van der Waals surface area contributed by atoms with Gasteiger partial charge in [0, 0.05) is 5.88 Å². The molecule has 0 aromatic heterocycles. The summed E-state index contributed by atoms with van der Waals surface area (Å²) >= 11 is 5.52. The van der Waals surface area contributed by atoms with Crippen molar-refractivity contribution in [1.29, 1.82) is 0 Å². The number of halogens is 1. The standard InChI is InChI=1S/C9H9ClO2.C7H6O2/c10-6-5-7-1-3-8(4-2-7)9(11)12;8-7(9)6-4-2-1-3-5-6/h1-4H,5-6H2,(H,11,12);1-5H,(H,8,9). The zero-order valence-electron chi connectivity index (χ0n) is 11.2. The smallest absolute Gasteiger partial charge is 0.335 e. The number of aryl methyl sites for hydroxylation is 1. The lowest BCUT2D eigenvalue weighted by Gasteiger charge is -1.97. The van der Waals surface area contributed by atoms with Gasteiger partial charge in [0.2, 0.25) is 0 Å². The quantitative estimate of drug-likeness (QED) is 0.847. The molecular weight excluding hydrogens is 292 g/mol. The molecule has 0 amide bonds. The molecule has 0 bridgehead atoms. The molecule has 2 aromatic rings. The molecule has 0 aliphatic heterocycles. The van der Waals surface area contributed by atoms with Gasteiger partial charge in [-0.05, 0) is 36.2 Å². The Kier molecular flexibility index (Phi) is 6.98. The molecule has 21 heavy (non-hydrogen) atoms. The predicted octanol–water partition coefficient (Wildman–Crippen LogP) is 3.55. The van der Waals surface area contributed by atoms with E-state index in [9.17, 15) is 9.59 Å². The molecule has 2 N–H and O–H groups in total. The normalized spacial score (nSPS) is 9.38. The molecule has 110 valence electrons. The van der Waals surface area contributed by atoms with Crippen molar-refractivity contribution in [3.8, 4) is 0 Å². The van der Waals surface area contributed by atoms with E-state index >= 15 is 0 Å². The summed E-state index contributed by atoms with van der Waals surface area (Å²) in [7, 11) is 0. The lowest BCUT2D eigenvalue weighted by Crippen LogP contribution is -1.96. The van der Waals surface area contributed by atoms with Crippen LogP contribution >= 0.6 is 11.6 Å². The molecule has 0 fully saturated rings. The fourth-order valence-electron chi connectivity index (χ4n) is 1.50. The maximum absolute atomic E-state index is 10.4. The van der Waals surface area contributed by atoms with Crippen LogP contribution in [0.1, 0.15) is 26.3 Å². The molecule has 4 nitrogen and oxygen atoms in total. The van der Waals surface area contributed by atoms with Crippen LogP contribution in [0.15, 0.2) is 54.6 Å². The minimum absolute atomic E-state index is 0.313. The Morgan fingerprint density at radius 1 is 0.810 bits per heavy atom. The van der Waals surface area contributed by atoms with Gasteiger partial charge >= 0.3 is 11.9 Å². The Bertz CT molecular complexity index is 579. The largest absolute Gasteiger partial charge is 0.478 e. The zero-order chi connectivity index (χ0) is 15.7. The lowest BCUT2D eigenvalue weighted by molar-refractivity contribution is 0.0686. The van der Waals surface area contributed by atoms with Gasteiger partial charge in [0.1, 0.15) is 0 Å². The van der Waals surface area contributed by atoms with Crippen molar-refractivity contribution in [3.63, 3.8) is 0 Å². The van der Waals surface area contributed by atoms with Crippen molar-refractivity contribution in [2.75, 3.05) is 5.88 Å².